The summed E-state index contributed by atoms with van der Waals surface area (Å²) in [5, 5.41) is 5.47. The van der Waals surface area contributed by atoms with E-state index in [9.17, 15) is 4.79 Å². The number of amides is 1. The summed E-state index contributed by atoms with van der Waals surface area (Å²) in [6.07, 6.45) is 1.63. The van der Waals surface area contributed by atoms with Crippen LogP contribution in [0, 0.1) is 0 Å². The molecule has 2 aromatic heterocycles. The zero-order chi connectivity index (χ0) is 18.7. The molecule has 0 spiro atoms. The standard InChI is InChI=1S/C18H22ClN5OS.ClH/c1-4-23(5-2)10-11-24(17(25)15-8-9-20-22(15)3)18-21-14-7-6-13(19)12-16(14)26-18;/h6-9,12H,4-5,10-11H2,1-3H3;1H. The molecule has 3 aromatic rings. The highest BCUT2D eigenvalue weighted by Gasteiger charge is 2.24. The molecule has 6 nitrogen and oxygen atoms in total. The molecule has 0 saturated carbocycles. The Morgan fingerprint density at radius 3 is 2.59 bits per heavy atom. The number of carbonyl (C=O) groups excluding carboxylic acids is 1. The molecule has 0 unspecified atom stereocenters. The van der Waals surface area contributed by atoms with Crippen LogP contribution in [0.15, 0.2) is 30.5 Å². The van der Waals surface area contributed by atoms with Crippen molar-refractivity contribution in [1.29, 1.82) is 0 Å². The average Bonchev–Trinajstić information content (AvgIpc) is 3.23. The predicted octanol–water partition coefficient (Wildman–Crippen LogP) is 4.09. The van der Waals surface area contributed by atoms with Crippen molar-refractivity contribution in [3.63, 3.8) is 0 Å². The number of aromatic nitrogens is 3. The van der Waals surface area contributed by atoms with Crippen LogP contribution in [-0.2, 0) is 7.05 Å². The van der Waals surface area contributed by atoms with Crippen molar-refractivity contribution in [3.05, 3.63) is 41.2 Å². The minimum Gasteiger partial charge on any atom is -0.302 e. The summed E-state index contributed by atoms with van der Waals surface area (Å²) in [5.74, 6) is -0.0951. The van der Waals surface area contributed by atoms with Crippen LogP contribution in [-0.4, -0.2) is 51.8 Å². The summed E-state index contributed by atoms with van der Waals surface area (Å²) in [7, 11) is 1.77. The van der Waals surface area contributed by atoms with Crippen molar-refractivity contribution in [2.75, 3.05) is 31.1 Å². The Hall–Kier alpha value is -1.67. The molecule has 0 N–H and O–H groups in total. The van der Waals surface area contributed by atoms with E-state index in [2.05, 4.69) is 28.8 Å². The van der Waals surface area contributed by atoms with Crippen molar-refractivity contribution in [3.8, 4) is 0 Å². The number of carbonyl (C=O) groups is 1. The largest absolute Gasteiger partial charge is 0.302 e. The molecule has 0 bridgehead atoms. The minimum absolute atomic E-state index is 0. The second-order valence-electron chi connectivity index (χ2n) is 5.93. The zero-order valence-electron chi connectivity index (χ0n) is 15.6. The first-order valence-electron chi connectivity index (χ1n) is 8.61. The smallest absolute Gasteiger partial charge is 0.278 e. The number of hydrogen-bond donors (Lipinski definition) is 0. The Labute approximate surface area is 174 Å². The maximum atomic E-state index is 13.1. The van der Waals surface area contributed by atoms with E-state index in [1.54, 1.807) is 28.9 Å². The lowest BCUT2D eigenvalue weighted by Gasteiger charge is -2.24. The molecule has 1 aromatic carbocycles. The van der Waals surface area contributed by atoms with E-state index in [1.807, 2.05) is 18.2 Å². The van der Waals surface area contributed by atoms with E-state index in [-0.39, 0.29) is 18.3 Å². The first-order chi connectivity index (χ1) is 12.5. The molecular formula is C18H23Cl2N5OS. The summed E-state index contributed by atoms with van der Waals surface area (Å²) < 4.78 is 2.56. The fourth-order valence-corrected chi connectivity index (χ4v) is 4.06. The molecule has 0 radical (unpaired) electrons. The van der Waals surface area contributed by atoms with Gasteiger partial charge in [-0.3, -0.25) is 14.4 Å². The van der Waals surface area contributed by atoms with Gasteiger partial charge in [-0.15, -0.1) is 12.4 Å². The lowest BCUT2D eigenvalue weighted by atomic mass is 10.3. The zero-order valence-corrected chi connectivity index (χ0v) is 17.9. The third-order valence-corrected chi connectivity index (χ3v) is 5.67. The van der Waals surface area contributed by atoms with Gasteiger partial charge in [0, 0.05) is 31.4 Å². The molecule has 27 heavy (non-hydrogen) atoms. The first-order valence-corrected chi connectivity index (χ1v) is 9.81. The molecule has 2 heterocycles. The van der Waals surface area contributed by atoms with Crippen molar-refractivity contribution < 1.29 is 4.79 Å². The highest BCUT2D eigenvalue weighted by Crippen LogP contribution is 2.31. The Kier molecular flexibility index (Phi) is 7.61. The van der Waals surface area contributed by atoms with Crippen LogP contribution in [0.1, 0.15) is 24.3 Å². The molecule has 0 fully saturated rings. The average molecular weight is 428 g/mol. The van der Waals surface area contributed by atoms with Crippen LogP contribution in [0.25, 0.3) is 10.2 Å². The van der Waals surface area contributed by atoms with E-state index < -0.39 is 0 Å². The number of fused-ring (bicyclic) bond motifs is 1. The normalized spacial score (nSPS) is 11.0. The maximum Gasteiger partial charge on any atom is 0.278 e. The topological polar surface area (TPSA) is 54.3 Å². The molecule has 0 atom stereocenters. The molecule has 0 saturated heterocycles. The Balaban J connectivity index is 0.00000261. The van der Waals surface area contributed by atoms with E-state index in [0.29, 0.717) is 22.4 Å². The van der Waals surface area contributed by atoms with Crippen molar-refractivity contribution in [1.82, 2.24) is 19.7 Å². The quantitative estimate of drug-likeness (QED) is 0.569. The van der Waals surface area contributed by atoms with E-state index in [0.717, 1.165) is 29.9 Å². The van der Waals surface area contributed by atoms with Crippen molar-refractivity contribution >= 4 is 56.6 Å². The molecule has 0 aliphatic heterocycles. The summed E-state index contributed by atoms with van der Waals surface area (Å²) in [6, 6.07) is 7.32. The van der Waals surface area contributed by atoms with Gasteiger partial charge in [0.05, 0.1) is 10.2 Å². The van der Waals surface area contributed by atoms with Crippen LogP contribution in [0.3, 0.4) is 0 Å². The van der Waals surface area contributed by atoms with Gasteiger partial charge in [-0.1, -0.05) is 36.8 Å². The number of thiazole rings is 1. The van der Waals surface area contributed by atoms with Gasteiger partial charge >= 0.3 is 0 Å². The number of rotatable bonds is 7. The number of halogens is 2. The fraction of sp³-hybridized carbons (Fsp3) is 0.389. The highest BCUT2D eigenvalue weighted by molar-refractivity contribution is 7.22. The molecular weight excluding hydrogens is 405 g/mol. The lowest BCUT2D eigenvalue weighted by Crippen LogP contribution is -2.39. The Morgan fingerprint density at radius 2 is 1.96 bits per heavy atom. The summed E-state index contributed by atoms with van der Waals surface area (Å²) in [5.41, 5.74) is 1.39. The van der Waals surface area contributed by atoms with Gasteiger partial charge in [0.15, 0.2) is 5.13 Å². The predicted molar refractivity (Wildman–Crippen MR) is 115 cm³/mol. The van der Waals surface area contributed by atoms with Gasteiger partial charge in [0.2, 0.25) is 0 Å². The van der Waals surface area contributed by atoms with Crippen molar-refractivity contribution in [2.45, 2.75) is 13.8 Å². The molecule has 9 heteroatoms. The highest BCUT2D eigenvalue weighted by atomic mass is 35.5. The Bertz CT molecular complexity index is 906. The summed E-state index contributed by atoms with van der Waals surface area (Å²) in [4.78, 5) is 21.8. The van der Waals surface area contributed by atoms with Crippen LogP contribution < -0.4 is 4.90 Å². The first kappa shape index (κ1) is 21.6. The number of hydrogen-bond acceptors (Lipinski definition) is 5. The van der Waals surface area contributed by atoms with Gasteiger partial charge in [-0.05, 0) is 37.4 Å². The van der Waals surface area contributed by atoms with E-state index >= 15 is 0 Å². The number of benzene rings is 1. The molecule has 0 aliphatic rings. The van der Waals surface area contributed by atoms with Crippen LogP contribution in [0.4, 0.5) is 5.13 Å². The minimum atomic E-state index is -0.0951. The van der Waals surface area contributed by atoms with Gasteiger partial charge in [-0.2, -0.15) is 5.10 Å². The number of nitrogens with zero attached hydrogens (tertiary/aromatic N) is 5. The fourth-order valence-electron chi connectivity index (χ4n) is 2.79. The van der Waals surface area contributed by atoms with E-state index in [1.165, 1.54) is 11.3 Å². The third-order valence-electron chi connectivity index (χ3n) is 4.39. The SMILES string of the molecule is CCN(CC)CCN(C(=O)c1ccnn1C)c1nc2ccc(Cl)cc2s1.Cl. The molecule has 3 rings (SSSR count). The third kappa shape index (κ3) is 4.79. The van der Waals surface area contributed by atoms with E-state index in [4.69, 9.17) is 11.6 Å². The van der Waals surface area contributed by atoms with Gasteiger partial charge < -0.3 is 4.90 Å². The maximum absolute atomic E-state index is 13.1. The van der Waals surface area contributed by atoms with Crippen molar-refractivity contribution in [2.24, 2.45) is 7.05 Å². The summed E-state index contributed by atoms with van der Waals surface area (Å²) in [6.45, 7) is 7.48. The van der Waals surface area contributed by atoms with Crippen LogP contribution in [0.2, 0.25) is 5.02 Å². The second kappa shape index (κ2) is 9.50. The lowest BCUT2D eigenvalue weighted by molar-refractivity contribution is 0.0974. The molecule has 0 aliphatic carbocycles. The second-order valence-corrected chi connectivity index (χ2v) is 7.38. The van der Waals surface area contributed by atoms with Crippen LogP contribution in [0.5, 0.6) is 0 Å². The number of anilines is 1. The van der Waals surface area contributed by atoms with Gasteiger partial charge in [0.25, 0.3) is 5.91 Å². The molecule has 146 valence electrons. The Morgan fingerprint density at radius 1 is 1.22 bits per heavy atom. The van der Waals surface area contributed by atoms with Gasteiger partial charge in [0.1, 0.15) is 5.69 Å². The van der Waals surface area contributed by atoms with Gasteiger partial charge in [-0.25, -0.2) is 4.98 Å². The molecule has 1 amide bonds. The summed E-state index contributed by atoms with van der Waals surface area (Å²) >= 11 is 7.57. The number of aryl methyl sites for hydroxylation is 1. The van der Waals surface area contributed by atoms with Crippen LogP contribution >= 0.6 is 35.3 Å². The number of likely N-dealkylation sites (N-methyl/N-ethyl adjacent to an activating group) is 1. The monoisotopic (exact) mass is 427 g/mol.